The monoisotopic (exact) mass is 557 g/mol. The highest BCUT2D eigenvalue weighted by Gasteiger charge is 2.19. The molecule has 8 nitrogen and oxygen atoms in total. The summed E-state index contributed by atoms with van der Waals surface area (Å²) in [5, 5.41) is 31.0. The first-order valence-electron chi connectivity index (χ1n) is 12.3. The van der Waals surface area contributed by atoms with E-state index in [0.717, 1.165) is 32.8 Å². The van der Waals surface area contributed by atoms with Crippen LogP contribution in [0.15, 0.2) is 100 Å². The second-order valence-electron chi connectivity index (χ2n) is 9.53. The second-order valence-corrected chi connectivity index (χ2v) is 11.5. The lowest BCUT2D eigenvalue weighted by molar-refractivity contribution is 0.430. The third-order valence-corrected chi connectivity index (χ3v) is 7.70. The molecule has 4 N–H and O–H groups in total. The van der Waals surface area contributed by atoms with Gasteiger partial charge in [-0.15, -0.1) is 10.2 Å². The lowest BCUT2D eigenvalue weighted by atomic mass is 10.0. The smallest absolute Gasteiger partial charge is 0.238 e. The topological polar surface area (TPSA) is 122 Å². The van der Waals surface area contributed by atoms with E-state index in [-0.39, 0.29) is 21.8 Å². The third kappa shape index (κ3) is 5.53. The lowest BCUT2D eigenvalue weighted by Crippen LogP contribution is -2.12. The van der Waals surface area contributed by atoms with Crippen LogP contribution in [0, 0.1) is 0 Å². The lowest BCUT2D eigenvalue weighted by Gasteiger charge is -2.11. The molecule has 0 bridgehead atoms. The van der Waals surface area contributed by atoms with Gasteiger partial charge in [0.25, 0.3) is 0 Å². The number of nitrogens with one attached hydrogen (secondary N) is 1. The van der Waals surface area contributed by atoms with Crippen molar-refractivity contribution >= 4 is 60.4 Å². The molecule has 39 heavy (non-hydrogen) atoms. The summed E-state index contributed by atoms with van der Waals surface area (Å²) in [6.07, 6.45) is 0. The molecule has 5 aromatic rings. The normalized spacial score (nSPS) is 12.1. The molecule has 1 aromatic heterocycles. The van der Waals surface area contributed by atoms with Crippen molar-refractivity contribution in [2.45, 2.75) is 31.2 Å². The summed E-state index contributed by atoms with van der Waals surface area (Å²) in [7, 11) is -3.80. The van der Waals surface area contributed by atoms with E-state index in [1.165, 1.54) is 24.3 Å². The van der Waals surface area contributed by atoms with Gasteiger partial charge in [0.2, 0.25) is 21.0 Å². The minimum atomic E-state index is -3.80. The van der Waals surface area contributed by atoms with Crippen LogP contribution in [-0.2, 0) is 16.6 Å². The average Bonchev–Trinajstić information content (AvgIpc) is 3.17. The Balaban J connectivity index is 1.50. The fraction of sp³-hybridized carbons (Fsp3) is 0.138. The van der Waals surface area contributed by atoms with Gasteiger partial charge in [-0.2, -0.15) is 0 Å². The molecule has 0 spiro atoms. The number of aromatic hydroxyl groups is 1. The first kappa shape index (κ1) is 26.5. The highest BCUT2D eigenvalue weighted by atomic mass is 32.2. The highest BCUT2D eigenvalue weighted by Crippen LogP contribution is 2.41. The van der Waals surface area contributed by atoms with Crippen LogP contribution >= 0.6 is 12.2 Å². The highest BCUT2D eigenvalue weighted by molar-refractivity contribution is 7.89. The van der Waals surface area contributed by atoms with Gasteiger partial charge in [-0.3, -0.25) is 0 Å². The molecule has 0 radical (unpaired) electrons. The van der Waals surface area contributed by atoms with Crippen LogP contribution in [0.2, 0.25) is 0 Å². The summed E-state index contributed by atoms with van der Waals surface area (Å²) in [5.41, 5.74) is 3.85. The molecule has 4 aromatic carbocycles. The molecular weight excluding hydrogens is 530 g/mol. The van der Waals surface area contributed by atoms with E-state index in [1.807, 2.05) is 34.9 Å². The minimum absolute atomic E-state index is 0.00882. The summed E-state index contributed by atoms with van der Waals surface area (Å²) >= 11 is 5.34. The van der Waals surface area contributed by atoms with Crippen molar-refractivity contribution in [2.75, 3.05) is 5.32 Å². The molecule has 0 unspecified atom stereocenters. The van der Waals surface area contributed by atoms with Crippen LogP contribution in [0.3, 0.4) is 0 Å². The van der Waals surface area contributed by atoms with Crippen molar-refractivity contribution in [2.24, 2.45) is 15.4 Å². The summed E-state index contributed by atoms with van der Waals surface area (Å²) in [6, 6.07) is 26.2. The summed E-state index contributed by atoms with van der Waals surface area (Å²) < 4.78 is 24.8. The van der Waals surface area contributed by atoms with E-state index < -0.39 is 10.0 Å². The molecule has 0 amide bonds. The number of nitrogens with zero attached hydrogens (tertiary/aromatic N) is 3. The molecular formula is C29H27N5O3S2. The number of anilines is 1. The van der Waals surface area contributed by atoms with Crippen molar-refractivity contribution in [1.29, 1.82) is 0 Å². The Kier molecular flexibility index (Phi) is 7.17. The van der Waals surface area contributed by atoms with E-state index in [0.29, 0.717) is 17.9 Å². The van der Waals surface area contributed by atoms with Crippen LogP contribution in [0.25, 0.3) is 21.7 Å². The first-order chi connectivity index (χ1) is 18.6. The maximum absolute atomic E-state index is 11.5. The van der Waals surface area contributed by atoms with Crippen molar-refractivity contribution in [3.63, 3.8) is 0 Å². The zero-order valence-corrected chi connectivity index (χ0v) is 23.0. The van der Waals surface area contributed by atoms with Crippen LogP contribution in [-0.4, -0.2) is 23.2 Å². The molecule has 0 aliphatic rings. The van der Waals surface area contributed by atoms with E-state index in [9.17, 15) is 13.5 Å². The number of sulfonamides is 1. The average molecular weight is 558 g/mol. The van der Waals surface area contributed by atoms with E-state index in [2.05, 4.69) is 59.7 Å². The Morgan fingerprint density at radius 2 is 1.72 bits per heavy atom. The Hall–Kier alpha value is -4.12. The van der Waals surface area contributed by atoms with Crippen molar-refractivity contribution in [3.8, 4) is 5.88 Å². The standard InChI is InChI=1S/C29H27N5O3S2/c1-18(2)20-10-15-26-25(16-20)27(32-33-29(38)31-22-11-13-23(14-12-22)39(30,36)37)28(35)34(26)17-21-8-5-7-19-6-3-4-9-24(19)21/h3-16,18,35H,17H2,1-2H3,(H,31,38)(H2,30,36,37). The number of fused-ring (bicyclic) bond motifs is 2. The van der Waals surface area contributed by atoms with Crippen molar-refractivity contribution in [3.05, 3.63) is 96.1 Å². The van der Waals surface area contributed by atoms with Crippen LogP contribution < -0.4 is 10.5 Å². The summed E-state index contributed by atoms with van der Waals surface area (Å²) in [5.74, 6) is 0.272. The molecule has 0 aliphatic heterocycles. The number of nitrogens with two attached hydrogens (primary N) is 1. The number of rotatable bonds is 6. The van der Waals surface area contributed by atoms with Gasteiger partial charge in [0, 0.05) is 11.1 Å². The number of aromatic nitrogens is 1. The van der Waals surface area contributed by atoms with Crippen LogP contribution in [0.1, 0.15) is 30.9 Å². The number of primary sulfonamides is 1. The SMILES string of the molecule is CC(C)c1ccc2c(c1)c(N=NC(=S)Nc1ccc(S(N)(=O)=O)cc1)c(O)n2Cc1cccc2ccccc12. The summed E-state index contributed by atoms with van der Waals surface area (Å²) in [6.45, 7) is 4.66. The third-order valence-electron chi connectivity index (χ3n) is 6.58. The quantitative estimate of drug-likeness (QED) is 0.157. The maximum atomic E-state index is 11.5. The second kappa shape index (κ2) is 10.6. The van der Waals surface area contributed by atoms with Gasteiger partial charge in [0.15, 0.2) is 5.69 Å². The first-order valence-corrected chi connectivity index (χ1v) is 14.2. The van der Waals surface area contributed by atoms with Gasteiger partial charge < -0.3 is 15.0 Å². The summed E-state index contributed by atoms with van der Waals surface area (Å²) in [4.78, 5) is -0.00882. The molecule has 0 aliphatic carbocycles. The Morgan fingerprint density at radius 3 is 2.44 bits per heavy atom. The minimum Gasteiger partial charge on any atom is -0.493 e. The number of benzene rings is 4. The van der Waals surface area contributed by atoms with Gasteiger partial charge in [-0.25, -0.2) is 13.6 Å². The van der Waals surface area contributed by atoms with Crippen molar-refractivity contribution in [1.82, 2.24) is 4.57 Å². The fourth-order valence-corrected chi connectivity index (χ4v) is 5.21. The molecule has 10 heteroatoms. The molecule has 0 saturated heterocycles. The van der Waals surface area contributed by atoms with Crippen LogP contribution in [0.5, 0.6) is 5.88 Å². The largest absolute Gasteiger partial charge is 0.493 e. The van der Waals surface area contributed by atoms with E-state index in [4.69, 9.17) is 17.4 Å². The van der Waals surface area contributed by atoms with Gasteiger partial charge in [0.05, 0.1) is 17.0 Å². The molecule has 1 heterocycles. The van der Waals surface area contributed by atoms with E-state index in [1.54, 1.807) is 0 Å². The zero-order valence-electron chi connectivity index (χ0n) is 21.4. The number of azo groups is 1. The molecule has 0 saturated carbocycles. The fourth-order valence-electron chi connectivity index (χ4n) is 4.53. The maximum Gasteiger partial charge on any atom is 0.238 e. The van der Waals surface area contributed by atoms with Gasteiger partial charge >= 0.3 is 0 Å². The Morgan fingerprint density at radius 1 is 1.00 bits per heavy atom. The van der Waals surface area contributed by atoms with Gasteiger partial charge in [-0.05, 0) is 76.4 Å². The number of hydrogen-bond donors (Lipinski definition) is 3. The van der Waals surface area contributed by atoms with Crippen LogP contribution in [0.4, 0.5) is 11.4 Å². The number of thiocarbonyl (C=S) groups is 1. The zero-order chi connectivity index (χ0) is 27.7. The predicted molar refractivity (Wildman–Crippen MR) is 159 cm³/mol. The molecule has 0 fully saturated rings. The van der Waals surface area contributed by atoms with Crippen molar-refractivity contribution < 1.29 is 13.5 Å². The molecule has 5 rings (SSSR count). The van der Waals surface area contributed by atoms with Gasteiger partial charge in [0.1, 0.15) is 0 Å². The Labute approximate surface area is 231 Å². The molecule has 198 valence electrons. The molecule has 0 atom stereocenters. The van der Waals surface area contributed by atoms with Gasteiger partial charge in [-0.1, -0.05) is 62.4 Å². The predicted octanol–water partition coefficient (Wildman–Crippen LogP) is 6.80. The van der Waals surface area contributed by atoms with E-state index >= 15 is 0 Å². The Bertz CT molecular complexity index is 1840. The number of hydrogen-bond acceptors (Lipinski definition) is 5.